The summed E-state index contributed by atoms with van der Waals surface area (Å²) in [4.78, 5) is 39.5. The van der Waals surface area contributed by atoms with Crippen molar-refractivity contribution >= 4 is 17.7 Å². The summed E-state index contributed by atoms with van der Waals surface area (Å²) < 4.78 is 43.5. The lowest BCUT2D eigenvalue weighted by atomic mass is 10.0. The monoisotopic (exact) mass is 546 g/mol. The van der Waals surface area contributed by atoms with E-state index in [1.165, 1.54) is 10.5 Å². The lowest BCUT2D eigenvalue weighted by Crippen LogP contribution is -2.52. The lowest BCUT2D eigenvalue weighted by molar-refractivity contribution is -0.139. The molecule has 39 heavy (non-hydrogen) atoms. The first-order valence-electron chi connectivity index (χ1n) is 13.1. The standard InChI is InChI=1S/C21H24F3N3O4.C7H9N/c22-21(23,24)7-9-26-8-1-2-15(12-26)31-14-3-4-16-13(10-14)11-27(20(16)30)17-5-6-18(28)25-19(17)29;8-6-7-4-2-1-3-5-7/h3-4,10,15,17H,1-2,5-9,11-12H2,(H,25,28,29);1-5H,6,8H2. The molecule has 3 aliphatic heterocycles. The third-order valence-corrected chi connectivity index (χ3v) is 7.05. The zero-order valence-corrected chi connectivity index (χ0v) is 21.6. The van der Waals surface area contributed by atoms with Gasteiger partial charge in [0.25, 0.3) is 5.91 Å². The van der Waals surface area contributed by atoms with Gasteiger partial charge in [-0.25, -0.2) is 0 Å². The van der Waals surface area contributed by atoms with E-state index in [2.05, 4.69) is 5.32 Å². The van der Waals surface area contributed by atoms with Crippen molar-refractivity contribution in [2.24, 2.45) is 5.73 Å². The average Bonchev–Trinajstić information content (AvgIpc) is 3.23. The zero-order chi connectivity index (χ0) is 28.0. The molecule has 3 N–H and O–H groups in total. The van der Waals surface area contributed by atoms with E-state index in [4.69, 9.17) is 10.5 Å². The largest absolute Gasteiger partial charge is 0.489 e. The molecule has 3 amide bonds. The van der Waals surface area contributed by atoms with Gasteiger partial charge in [-0.3, -0.25) is 24.6 Å². The first-order valence-corrected chi connectivity index (χ1v) is 13.1. The van der Waals surface area contributed by atoms with Gasteiger partial charge >= 0.3 is 6.18 Å². The minimum atomic E-state index is -4.17. The van der Waals surface area contributed by atoms with Gasteiger partial charge in [0.2, 0.25) is 11.8 Å². The third-order valence-electron chi connectivity index (χ3n) is 7.05. The molecule has 2 aromatic rings. The predicted molar refractivity (Wildman–Crippen MR) is 138 cm³/mol. The van der Waals surface area contributed by atoms with E-state index in [0.717, 1.165) is 18.4 Å². The summed E-state index contributed by atoms with van der Waals surface area (Å²) in [5, 5.41) is 2.27. The predicted octanol–water partition coefficient (Wildman–Crippen LogP) is 3.39. The number of amides is 3. The molecule has 2 saturated heterocycles. The summed E-state index contributed by atoms with van der Waals surface area (Å²) in [5.41, 5.74) is 7.76. The number of piperidine rings is 2. The molecule has 0 radical (unpaired) electrons. The molecule has 3 heterocycles. The van der Waals surface area contributed by atoms with Crippen LogP contribution in [0, 0.1) is 0 Å². The van der Waals surface area contributed by atoms with Crippen molar-refractivity contribution in [1.29, 1.82) is 0 Å². The Hall–Kier alpha value is -3.44. The maximum atomic E-state index is 12.7. The summed E-state index contributed by atoms with van der Waals surface area (Å²) in [5.74, 6) is -0.501. The molecule has 0 aliphatic carbocycles. The highest BCUT2D eigenvalue weighted by Crippen LogP contribution is 2.31. The quantitative estimate of drug-likeness (QED) is 0.539. The fourth-order valence-corrected chi connectivity index (χ4v) is 5.03. The number of nitrogens with one attached hydrogen (secondary N) is 1. The molecule has 3 aliphatic rings. The summed E-state index contributed by atoms with van der Waals surface area (Å²) in [6.07, 6.45) is -3.23. The number of likely N-dealkylation sites (tertiary alicyclic amines) is 1. The number of hydrogen-bond donors (Lipinski definition) is 2. The highest BCUT2D eigenvalue weighted by Gasteiger charge is 2.39. The maximum absolute atomic E-state index is 12.7. The molecule has 11 heteroatoms. The Morgan fingerprint density at radius 1 is 1.05 bits per heavy atom. The number of rotatable bonds is 6. The third kappa shape index (κ3) is 7.79. The Balaban J connectivity index is 0.000000379. The molecule has 2 atom stereocenters. The van der Waals surface area contributed by atoms with Crippen LogP contribution in [0.25, 0.3) is 0 Å². The number of hydrogen-bond acceptors (Lipinski definition) is 6. The maximum Gasteiger partial charge on any atom is 0.390 e. The minimum absolute atomic E-state index is 0.0387. The van der Waals surface area contributed by atoms with Crippen LogP contribution in [-0.2, 0) is 22.7 Å². The van der Waals surface area contributed by atoms with Crippen LogP contribution in [0.1, 0.15) is 53.6 Å². The fraction of sp³-hybridized carbons (Fsp3) is 0.464. The van der Waals surface area contributed by atoms with Crippen molar-refractivity contribution < 1.29 is 32.3 Å². The SMILES string of the molecule is NCc1ccccc1.O=C1CCC(N2Cc3cc(OC4CCCN(CCC(F)(F)F)C4)ccc3C2=O)C(=O)N1. The van der Waals surface area contributed by atoms with Crippen molar-refractivity contribution in [2.45, 2.75) is 63.5 Å². The van der Waals surface area contributed by atoms with Gasteiger partial charge in [0.15, 0.2) is 0 Å². The second-order valence-electron chi connectivity index (χ2n) is 9.96. The van der Waals surface area contributed by atoms with E-state index in [1.807, 2.05) is 30.3 Å². The summed E-state index contributed by atoms with van der Waals surface area (Å²) in [7, 11) is 0. The Morgan fingerprint density at radius 3 is 2.49 bits per heavy atom. The molecule has 8 nitrogen and oxygen atoms in total. The van der Waals surface area contributed by atoms with Crippen molar-refractivity contribution in [3.05, 3.63) is 65.2 Å². The van der Waals surface area contributed by atoms with E-state index in [9.17, 15) is 27.6 Å². The van der Waals surface area contributed by atoms with Gasteiger partial charge in [0.1, 0.15) is 17.9 Å². The molecule has 0 aromatic heterocycles. The molecule has 5 rings (SSSR count). The van der Waals surface area contributed by atoms with Gasteiger partial charge in [-0.05, 0) is 55.1 Å². The van der Waals surface area contributed by atoms with Crippen LogP contribution in [0.2, 0.25) is 0 Å². The molecule has 0 saturated carbocycles. The van der Waals surface area contributed by atoms with Crippen molar-refractivity contribution in [3.63, 3.8) is 0 Å². The second kappa shape index (κ2) is 12.6. The number of carbonyl (C=O) groups excluding carboxylic acids is 3. The molecular formula is C28H33F3N4O4. The fourth-order valence-electron chi connectivity index (χ4n) is 5.03. The minimum Gasteiger partial charge on any atom is -0.489 e. The normalized spacial score (nSPS) is 21.6. The highest BCUT2D eigenvalue weighted by atomic mass is 19.4. The Morgan fingerprint density at radius 2 is 1.82 bits per heavy atom. The van der Waals surface area contributed by atoms with Gasteiger partial charge in [-0.15, -0.1) is 0 Å². The van der Waals surface area contributed by atoms with E-state index in [0.29, 0.717) is 37.4 Å². The van der Waals surface area contributed by atoms with Crippen molar-refractivity contribution in [1.82, 2.24) is 15.1 Å². The molecule has 2 unspecified atom stereocenters. The van der Waals surface area contributed by atoms with Crippen molar-refractivity contribution in [3.8, 4) is 5.75 Å². The van der Waals surface area contributed by atoms with Gasteiger partial charge < -0.3 is 15.4 Å². The average molecular weight is 547 g/mol. The molecule has 0 spiro atoms. The summed E-state index contributed by atoms with van der Waals surface area (Å²) in [6.45, 7) is 1.90. The van der Waals surface area contributed by atoms with Gasteiger partial charge in [-0.1, -0.05) is 30.3 Å². The van der Waals surface area contributed by atoms with Crippen LogP contribution < -0.4 is 15.8 Å². The number of imide groups is 1. The zero-order valence-electron chi connectivity index (χ0n) is 21.6. The van der Waals surface area contributed by atoms with Gasteiger partial charge in [0.05, 0.1) is 6.42 Å². The smallest absolute Gasteiger partial charge is 0.390 e. The summed E-state index contributed by atoms with van der Waals surface area (Å²) >= 11 is 0. The number of ether oxygens (including phenoxy) is 1. The van der Waals surface area contributed by atoms with Gasteiger partial charge in [0, 0.05) is 38.2 Å². The number of carbonyl (C=O) groups is 3. The number of fused-ring (bicyclic) bond motifs is 1. The van der Waals surface area contributed by atoms with E-state index in [1.54, 1.807) is 23.1 Å². The van der Waals surface area contributed by atoms with E-state index >= 15 is 0 Å². The number of alkyl halides is 3. The highest BCUT2D eigenvalue weighted by molar-refractivity contribution is 6.05. The van der Waals surface area contributed by atoms with Crippen molar-refractivity contribution in [2.75, 3.05) is 19.6 Å². The number of benzene rings is 2. The topological polar surface area (TPSA) is 105 Å². The molecule has 210 valence electrons. The molecule has 2 fully saturated rings. The Kier molecular flexibility index (Phi) is 9.24. The van der Waals surface area contributed by atoms with Crippen LogP contribution >= 0.6 is 0 Å². The number of halogens is 3. The first kappa shape index (κ1) is 28.6. The molecular weight excluding hydrogens is 513 g/mol. The van der Waals surface area contributed by atoms with Crippen LogP contribution in [0.15, 0.2) is 48.5 Å². The number of nitrogens with zero attached hydrogens (tertiary/aromatic N) is 2. The van der Waals surface area contributed by atoms with Gasteiger partial charge in [-0.2, -0.15) is 13.2 Å². The van der Waals surface area contributed by atoms with Crippen LogP contribution in [0.4, 0.5) is 13.2 Å². The van der Waals surface area contributed by atoms with Crippen LogP contribution in [0.3, 0.4) is 0 Å². The number of nitrogens with two attached hydrogens (primary N) is 1. The summed E-state index contributed by atoms with van der Waals surface area (Å²) in [6, 6.07) is 14.4. The Bertz CT molecular complexity index is 1180. The molecule has 2 aromatic carbocycles. The second-order valence-corrected chi connectivity index (χ2v) is 9.96. The van der Waals surface area contributed by atoms with E-state index < -0.39 is 24.5 Å². The van der Waals surface area contributed by atoms with Crippen LogP contribution in [-0.4, -0.2) is 65.5 Å². The Labute approximate surface area is 225 Å². The van der Waals surface area contributed by atoms with Crippen LogP contribution in [0.5, 0.6) is 5.75 Å². The molecule has 0 bridgehead atoms. The first-order chi connectivity index (χ1) is 18.6. The lowest BCUT2D eigenvalue weighted by Gasteiger charge is -2.33. The van der Waals surface area contributed by atoms with E-state index in [-0.39, 0.29) is 37.4 Å².